The summed E-state index contributed by atoms with van der Waals surface area (Å²) in [4.78, 5) is 15.9. The minimum atomic E-state index is -0.587. The fraction of sp³-hybridized carbons (Fsp3) is 0.611. The molecule has 138 valence electrons. The molecule has 0 atom stereocenters. The van der Waals surface area contributed by atoms with Gasteiger partial charge < -0.3 is 14.5 Å². The van der Waals surface area contributed by atoms with Gasteiger partial charge in [0.1, 0.15) is 17.2 Å². The predicted molar refractivity (Wildman–Crippen MR) is 95.7 cm³/mol. The van der Waals surface area contributed by atoms with E-state index in [1.807, 2.05) is 25.7 Å². The Labute approximate surface area is 155 Å². The van der Waals surface area contributed by atoms with E-state index in [9.17, 15) is 13.6 Å². The van der Waals surface area contributed by atoms with E-state index in [4.69, 9.17) is 4.74 Å². The topological polar surface area (TPSA) is 32.8 Å². The minimum absolute atomic E-state index is 0.124. The molecule has 1 spiro atoms. The lowest BCUT2D eigenvalue weighted by molar-refractivity contribution is 0.00596. The summed E-state index contributed by atoms with van der Waals surface area (Å²) in [6, 6.07) is 2.71. The van der Waals surface area contributed by atoms with Crippen LogP contribution in [-0.4, -0.2) is 42.8 Å². The zero-order valence-corrected chi connectivity index (χ0v) is 16.3. The average molecular weight is 417 g/mol. The maximum atomic E-state index is 13.7. The Kier molecular flexibility index (Phi) is 4.73. The van der Waals surface area contributed by atoms with Gasteiger partial charge in [0.2, 0.25) is 0 Å². The number of hydrogen-bond acceptors (Lipinski definition) is 3. The van der Waals surface area contributed by atoms with Gasteiger partial charge in [-0.25, -0.2) is 13.6 Å². The van der Waals surface area contributed by atoms with Gasteiger partial charge in [-0.3, -0.25) is 0 Å². The minimum Gasteiger partial charge on any atom is -0.444 e. The van der Waals surface area contributed by atoms with Gasteiger partial charge in [-0.1, -0.05) is 0 Å². The highest BCUT2D eigenvalue weighted by molar-refractivity contribution is 9.10. The molecule has 1 aromatic rings. The van der Waals surface area contributed by atoms with Crippen molar-refractivity contribution >= 4 is 27.7 Å². The molecular formula is C18H23BrF2N2O2. The number of amides is 1. The van der Waals surface area contributed by atoms with Crippen LogP contribution in [0.5, 0.6) is 0 Å². The third-order valence-corrected chi connectivity index (χ3v) is 5.62. The smallest absolute Gasteiger partial charge is 0.410 e. The van der Waals surface area contributed by atoms with Crippen LogP contribution in [0.1, 0.15) is 33.6 Å². The summed E-state index contributed by atoms with van der Waals surface area (Å²) in [5.41, 5.74) is 0.201. The number of carbonyl (C=O) groups is 1. The molecule has 0 aromatic heterocycles. The molecule has 2 saturated heterocycles. The highest BCUT2D eigenvalue weighted by Gasteiger charge is 2.46. The maximum absolute atomic E-state index is 13.7. The maximum Gasteiger partial charge on any atom is 0.410 e. The Morgan fingerprint density at radius 3 is 2.16 bits per heavy atom. The molecule has 2 aliphatic rings. The summed E-state index contributed by atoms with van der Waals surface area (Å²) in [5.74, 6) is -1.17. The Hall–Kier alpha value is -1.37. The normalized spacial score (nSPS) is 19.8. The standard InChI is InChI=1S/C18H23BrF2N2O2/c1-17(2,3)25-16(24)22-6-4-18(5-7-22)10-23(11-18)12-8-13(20)15(19)14(21)9-12/h8-9H,4-7,10-11H2,1-3H3. The van der Waals surface area contributed by atoms with E-state index in [2.05, 4.69) is 15.9 Å². The van der Waals surface area contributed by atoms with E-state index in [0.29, 0.717) is 18.8 Å². The zero-order chi connectivity index (χ0) is 18.4. The van der Waals surface area contributed by atoms with Crippen LogP contribution in [0.25, 0.3) is 0 Å². The van der Waals surface area contributed by atoms with Crippen LogP contribution >= 0.6 is 15.9 Å². The van der Waals surface area contributed by atoms with E-state index >= 15 is 0 Å². The van der Waals surface area contributed by atoms with Crippen molar-refractivity contribution in [3.8, 4) is 0 Å². The van der Waals surface area contributed by atoms with Crippen molar-refractivity contribution in [3.63, 3.8) is 0 Å². The Morgan fingerprint density at radius 1 is 1.16 bits per heavy atom. The van der Waals surface area contributed by atoms with Gasteiger partial charge in [0, 0.05) is 37.3 Å². The number of anilines is 1. The monoisotopic (exact) mass is 416 g/mol. The highest BCUT2D eigenvalue weighted by Crippen LogP contribution is 2.43. The first-order valence-corrected chi connectivity index (χ1v) is 9.25. The number of benzene rings is 1. The largest absolute Gasteiger partial charge is 0.444 e. The summed E-state index contributed by atoms with van der Waals surface area (Å²) in [6.45, 7) is 8.41. The molecule has 0 aliphatic carbocycles. The van der Waals surface area contributed by atoms with Crippen molar-refractivity contribution in [1.29, 1.82) is 0 Å². The van der Waals surface area contributed by atoms with Crippen LogP contribution in [0.2, 0.25) is 0 Å². The molecule has 0 unspecified atom stereocenters. The van der Waals surface area contributed by atoms with Gasteiger partial charge in [0.05, 0.1) is 4.47 Å². The quantitative estimate of drug-likeness (QED) is 0.628. The number of likely N-dealkylation sites (tertiary alicyclic amines) is 1. The molecule has 1 amide bonds. The van der Waals surface area contributed by atoms with Crippen molar-refractivity contribution in [2.75, 3.05) is 31.1 Å². The number of nitrogens with zero attached hydrogens (tertiary/aromatic N) is 2. The zero-order valence-electron chi connectivity index (χ0n) is 14.7. The van der Waals surface area contributed by atoms with Crippen molar-refractivity contribution < 1.29 is 18.3 Å². The predicted octanol–water partition coefficient (Wildman–Crippen LogP) is 4.56. The first-order valence-electron chi connectivity index (χ1n) is 8.46. The first-order chi connectivity index (χ1) is 11.6. The highest BCUT2D eigenvalue weighted by atomic mass is 79.9. The third-order valence-electron chi connectivity index (χ3n) is 4.86. The lowest BCUT2D eigenvalue weighted by atomic mass is 9.72. The molecule has 0 N–H and O–H groups in total. The van der Waals surface area contributed by atoms with Crippen LogP contribution in [0.15, 0.2) is 16.6 Å². The molecule has 0 radical (unpaired) electrons. The molecule has 0 saturated carbocycles. The second kappa shape index (κ2) is 6.41. The molecule has 2 fully saturated rings. The summed E-state index contributed by atoms with van der Waals surface area (Å²) in [6.07, 6.45) is 1.49. The molecule has 25 heavy (non-hydrogen) atoms. The lowest BCUT2D eigenvalue weighted by Crippen LogP contribution is -2.61. The number of rotatable bonds is 1. The van der Waals surface area contributed by atoms with Gasteiger partial charge >= 0.3 is 6.09 Å². The fourth-order valence-corrected chi connectivity index (χ4v) is 3.71. The molecule has 2 aliphatic heterocycles. The Bertz CT molecular complexity index is 651. The fourth-order valence-electron chi connectivity index (χ4n) is 3.48. The number of carbonyl (C=O) groups excluding carboxylic acids is 1. The summed E-state index contributed by atoms with van der Waals surface area (Å²) in [7, 11) is 0. The molecule has 2 heterocycles. The van der Waals surface area contributed by atoms with Gasteiger partial charge in [-0.05, 0) is 61.7 Å². The van der Waals surface area contributed by atoms with Crippen molar-refractivity contribution in [1.82, 2.24) is 4.90 Å². The molecular weight excluding hydrogens is 394 g/mol. The second-order valence-electron chi connectivity index (χ2n) is 8.05. The van der Waals surface area contributed by atoms with Crippen molar-refractivity contribution in [3.05, 3.63) is 28.2 Å². The van der Waals surface area contributed by atoms with Gasteiger partial charge in [0.25, 0.3) is 0 Å². The number of piperidine rings is 1. The third kappa shape index (κ3) is 3.91. The van der Waals surface area contributed by atoms with Crippen LogP contribution in [0, 0.1) is 17.0 Å². The summed E-state index contributed by atoms with van der Waals surface area (Å²) < 4.78 is 32.7. The second-order valence-corrected chi connectivity index (χ2v) is 8.84. The van der Waals surface area contributed by atoms with Crippen molar-refractivity contribution in [2.45, 2.75) is 39.2 Å². The van der Waals surface area contributed by atoms with Crippen LogP contribution in [0.4, 0.5) is 19.3 Å². The van der Waals surface area contributed by atoms with E-state index in [1.165, 1.54) is 12.1 Å². The number of ether oxygens (including phenoxy) is 1. The van der Waals surface area contributed by atoms with Gasteiger partial charge in [0.15, 0.2) is 0 Å². The molecule has 0 bridgehead atoms. The average Bonchev–Trinajstić information content (AvgIpc) is 2.48. The summed E-state index contributed by atoms with van der Waals surface area (Å²) in [5, 5.41) is 0. The van der Waals surface area contributed by atoms with E-state index in [-0.39, 0.29) is 16.0 Å². The lowest BCUT2D eigenvalue weighted by Gasteiger charge is -2.55. The first kappa shape index (κ1) is 18.4. The molecule has 3 rings (SSSR count). The molecule has 1 aromatic carbocycles. The van der Waals surface area contributed by atoms with Crippen LogP contribution in [0.3, 0.4) is 0 Å². The number of halogens is 3. The molecule has 4 nitrogen and oxygen atoms in total. The van der Waals surface area contributed by atoms with Crippen LogP contribution < -0.4 is 4.90 Å². The van der Waals surface area contributed by atoms with E-state index in [0.717, 1.165) is 25.9 Å². The molecule has 7 heteroatoms. The van der Waals surface area contributed by atoms with Crippen LogP contribution in [-0.2, 0) is 4.74 Å². The number of hydrogen-bond donors (Lipinski definition) is 0. The van der Waals surface area contributed by atoms with E-state index in [1.54, 1.807) is 4.90 Å². The SMILES string of the molecule is CC(C)(C)OC(=O)N1CCC2(CC1)CN(c1cc(F)c(Br)c(F)c1)C2. The summed E-state index contributed by atoms with van der Waals surface area (Å²) >= 11 is 2.90. The van der Waals surface area contributed by atoms with Gasteiger partial charge in [-0.15, -0.1) is 0 Å². The van der Waals surface area contributed by atoms with E-state index < -0.39 is 17.2 Å². The van der Waals surface area contributed by atoms with Crippen molar-refractivity contribution in [2.24, 2.45) is 5.41 Å². The van der Waals surface area contributed by atoms with Gasteiger partial charge in [-0.2, -0.15) is 0 Å². The Morgan fingerprint density at radius 2 is 1.68 bits per heavy atom. The Balaban J connectivity index is 1.56.